The van der Waals surface area contributed by atoms with Gasteiger partial charge < -0.3 is 0 Å². The van der Waals surface area contributed by atoms with Crippen molar-refractivity contribution in [3.8, 4) is 11.1 Å². The molecule has 1 aliphatic rings. The maximum absolute atomic E-state index is 12.8. The molecule has 1 saturated carbocycles. The Morgan fingerprint density at radius 2 is 2.00 bits per heavy atom. The molecule has 0 amide bonds. The second kappa shape index (κ2) is 8.18. The highest BCUT2D eigenvalue weighted by atomic mass is 32.2. The first kappa shape index (κ1) is 19.9. The Morgan fingerprint density at radius 3 is 2.69 bits per heavy atom. The van der Waals surface area contributed by atoms with Crippen molar-refractivity contribution in [1.29, 1.82) is 0 Å². The molecular weight excluding hydrogens is 404 g/mol. The number of pyridine rings is 1. The molecule has 150 valence electrons. The van der Waals surface area contributed by atoms with Gasteiger partial charge in [-0.05, 0) is 76.5 Å². The lowest BCUT2D eigenvalue weighted by atomic mass is 9.96. The van der Waals surface area contributed by atoms with Gasteiger partial charge >= 0.3 is 0 Å². The zero-order chi connectivity index (χ0) is 20.4. The normalized spacial score (nSPS) is 14.1. The summed E-state index contributed by atoms with van der Waals surface area (Å²) < 4.78 is 28.0. The van der Waals surface area contributed by atoms with Crippen molar-refractivity contribution in [2.75, 3.05) is 0 Å². The van der Waals surface area contributed by atoms with Gasteiger partial charge in [-0.2, -0.15) is 11.3 Å². The number of benzene rings is 1. The Labute approximate surface area is 174 Å². The van der Waals surface area contributed by atoms with E-state index in [1.165, 1.54) is 0 Å². The van der Waals surface area contributed by atoms with Gasteiger partial charge in [0.1, 0.15) is 5.78 Å². The van der Waals surface area contributed by atoms with Crippen LogP contribution < -0.4 is 4.72 Å². The number of hydrogen-bond acceptors (Lipinski definition) is 5. The van der Waals surface area contributed by atoms with Gasteiger partial charge in [0.15, 0.2) is 0 Å². The minimum Gasteiger partial charge on any atom is -0.299 e. The smallest absolute Gasteiger partial charge is 0.240 e. The average molecular weight is 427 g/mol. The van der Waals surface area contributed by atoms with Gasteiger partial charge in [-0.25, -0.2) is 13.1 Å². The highest BCUT2D eigenvalue weighted by Crippen LogP contribution is 2.30. The van der Waals surface area contributed by atoms with E-state index in [-0.39, 0.29) is 29.6 Å². The molecule has 1 aliphatic carbocycles. The van der Waals surface area contributed by atoms with Crippen LogP contribution in [-0.4, -0.2) is 25.2 Å². The van der Waals surface area contributed by atoms with Gasteiger partial charge in [-0.1, -0.05) is 12.1 Å². The topological polar surface area (TPSA) is 76.1 Å². The molecule has 29 heavy (non-hydrogen) atoms. The number of nitrogens with zero attached hydrogens (tertiary/aromatic N) is 1. The molecule has 0 spiro atoms. The largest absolute Gasteiger partial charge is 0.299 e. The molecule has 4 rings (SSSR count). The molecule has 1 fully saturated rings. The first-order valence-corrected chi connectivity index (χ1v) is 11.9. The van der Waals surface area contributed by atoms with Crippen LogP contribution in [0.2, 0.25) is 0 Å². The summed E-state index contributed by atoms with van der Waals surface area (Å²) in [5.74, 6) is 0.0265. The number of aromatic nitrogens is 1. The zero-order valence-electron chi connectivity index (χ0n) is 16.1. The number of ketones is 1. The monoisotopic (exact) mass is 426 g/mol. The van der Waals surface area contributed by atoms with E-state index >= 15 is 0 Å². The number of thiophene rings is 1. The number of aryl methyl sites for hydroxylation is 1. The van der Waals surface area contributed by atoms with E-state index in [0.29, 0.717) is 0 Å². The van der Waals surface area contributed by atoms with E-state index in [4.69, 9.17) is 0 Å². The molecule has 0 radical (unpaired) electrons. The van der Waals surface area contributed by atoms with Crippen molar-refractivity contribution in [3.05, 3.63) is 70.2 Å². The summed E-state index contributed by atoms with van der Waals surface area (Å²) in [7, 11) is -3.57. The van der Waals surface area contributed by atoms with Crippen molar-refractivity contribution in [2.45, 2.75) is 43.5 Å². The summed E-state index contributed by atoms with van der Waals surface area (Å²) >= 11 is 1.57. The molecule has 0 saturated heterocycles. The summed E-state index contributed by atoms with van der Waals surface area (Å²) in [6.45, 7) is 1.94. The lowest BCUT2D eigenvalue weighted by Gasteiger charge is -2.12. The fraction of sp³-hybridized carbons (Fsp3) is 0.273. The number of carbonyl (C=O) groups excluding carboxylic acids is 1. The third-order valence-corrected chi connectivity index (χ3v) is 7.04. The molecule has 2 aromatic heterocycles. The SMILES string of the molecule is Cc1cncc(CC(=O)Cc2cc(S(=O)(=O)NC3CC3)ccc2-c2ccsc2)c1. The summed E-state index contributed by atoms with van der Waals surface area (Å²) in [6.07, 6.45) is 5.65. The molecule has 0 atom stereocenters. The van der Waals surface area contributed by atoms with Gasteiger partial charge in [-0.3, -0.25) is 9.78 Å². The molecule has 2 heterocycles. The minimum absolute atomic E-state index is 0.0265. The van der Waals surface area contributed by atoms with E-state index in [2.05, 4.69) is 9.71 Å². The predicted molar refractivity (Wildman–Crippen MR) is 114 cm³/mol. The van der Waals surface area contributed by atoms with Gasteiger partial charge in [0.05, 0.1) is 4.90 Å². The minimum atomic E-state index is -3.57. The molecule has 1 N–H and O–H groups in total. The summed E-state index contributed by atoms with van der Waals surface area (Å²) in [5, 5.41) is 3.98. The van der Waals surface area contributed by atoms with Crippen LogP contribution in [0.3, 0.4) is 0 Å². The van der Waals surface area contributed by atoms with Crippen molar-refractivity contribution >= 4 is 27.1 Å². The zero-order valence-corrected chi connectivity index (χ0v) is 17.7. The van der Waals surface area contributed by atoms with Crippen LogP contribution in [0.25, 0.3) is 11.1 Å². The molecule has 0 aliphatic heterocycles. The molecule has 3 aromatic rings. The predicted octanol–water partition coefficient (Wildman–Crippen LogP) is 3.91. The van der Waals surface area contributed by atoms with Gasteiger partial charge in [-0.15, -0.1) is 0 Å². The van der Waals surface area contributed by atoms with E-state index in [0.717, 1.165) is 40.7 Å². The quantitative estimate of drug-likeness (QED) is 0.592. The molecular formula is C22H22N2O3S2. The first-order chi connectivity index (χ1) is 13.9. The second-order valence-electron chi connectivity index (χ2n) is 7.49. The molecule has 1 aromatic carbocycles. The highest BCUT2D eigenvalue weighted by Gasteiger charge is 2.28. The lowest BCUT2D eigenvalue weighted by molar-refractivity contribution is -0.117. The van der Waals surface area contributed by atoms with Crippen LogP contribution >= 0.6 is 11.3 Å². The number of rotatable bonds is 8. The average Bonchev–Trinajstić information content (AvgIpc) is 3.29. The van der Waals surface area contributed by atoms with Crippen LogP contribution in [0, 0.1) is 6.92 Å². The molecule has 0 unspecified atom stereocenters. The van der Waals surface area contributed by atoms with E-state index in [1.54, 1.807) is 41.9 Å². The third-order valence-electron chi connectivity index (χ3n) is 4.84. The van der Waals surface area contributed by atoms with Crippen molar-refractivity contribution < 1.29 is 13.2 Å². The van der Waals surface area contributed by atoms with Crippen LogP contribution in [0.15, 0.2) is 58.4 Å². The van der Waals surface area contributed by atoms with Crippen LogP contribution in [0.5, 0.6) is 0 Å². The van der Waals surface area contributed by atoms with Gasteiger partial charge in [0, 0.05) is 31.3 Å². The van der Waals surface area contributed by atoms with Gasteiger partial charge in [0.25, 0.3) is 0 Å². The first-order valence-electron chi connectivity index (χ1n) is 9.51. The number of sulfonamides is 1. The highest BCUT2D eigenvalue weighted by molar-refractivity contribution is 7.89. The third kappa shape index (κ3) is 4.98. The maximum Gasteiger partial charge on any atom is 0.240 e. The Kier molecular flexibility index (Phi) is 5.63. The Bertz CT molecular complexity index is 1130. The van der Waals surface area contributed by atoms with Crippen molar-refractivity contribution in [2.24, 2.45) is 0 Å². The summed E-state index contributed by atoms with van der Waals surface area (Å²) in [4.78, 5) is 17.1. The van der Waals surface area contributed by atoms with Crippen LogP contribution in [0.1, 0.15) is 29.5 Å². The fourth-order valence-electron chi connectivity index (χ4n) is 3.29. The fourth-order valence-corrected chi connectivity index (χ4v) is 5.30. The second-order valence-corrected chi connectivity index (χ2v) is 9.98. The molecule has 5 nitrogen and oxygen atoms in total. The lowest BCUT2D eigenvalue weighted by Crippen LogP contribution is -2.25. The van der Waals surface area contributed by atoms with E-state index < -0.39 is 10.0 Å². The summed E-state index contributed by atoms with van der Waals surface area (Å²) in [6, 6.07) is 9.04. The van der Waals surface area contributed by atoms with E-state index in [1.807, 2.05) is 29.8 Å². The van der Waals surface area contributed by atoms with Crippen LogP contribution in [-0.2, 0) is 27.7 Å². The Hall–Kier alpha value is -2.35. The Balaban J connectivity index is 1.63. The number of hydrogen-bond donors (Lipinski definition) is 1. The van der Waals surface area contributed by atoms with Crippen LogP contribution in [0.4, 0.5) is 0 Å². The maximum atomic E-state index is 12.8. The molecule has 7 heteroatoms. The number of carbonyl (C=O) groups is 1. The van der Waals surface area contributed by atoms with E-state index in [9.17, 15) is 13.2 Å². The Morgan fingerprint density at radius 1 is 1.17 bits per heavy atom. The van der Waals surface area contributed by atoms with Gasteiger partial charge in [0.2, 0.25) is 10.0 Å². The number of Topliss-reactive ketones (excluding diaryl/α,β-unsaturated/α-hetero) is 1. The standard InChI is InChI=1S/C22H22N2O3S2/c1-15-8-16(13-23-12-15)9-20(25)10-18-11-21(29(26,27)24-19-2-3-19)4-5-22(18)17-6-7-28-14-17/h4-8,11-14,19,24H,2-3,9-10H2,1H3. The van der Waals surface area contributed by atoms with Crippen molar-refractivity contribution in [1.82, 2.24) is 9.71 Å². The van der Waals surface area contributed by atoms with Crippen molar-refractivity contribution in [3.63, 3.8) is 0 Å². The number of nitrogens with one attached hydrogen (secondary N) is 1. The summed E-state index contributed by atoms with van der Waals surface area (Å²) in [5.41, 5.74) is 4.49. The molecule has 0 bridgehead atoms.